The van der Waals surface area contributed by atoms with Gasteiger partial charge in [0.05, 0.1) is 11.6 Å². The van der Waals surface area contributed by atoms with Gasteiger partial charge in [-0.1, -0.05) is 12.1 Å². The highest BCUT2D eigenvalue weighted by Gasteiger charge is 2.39. The Balaban J connectivity index is 1.12. The minimum Gasteiger partial charge on any atom is -0.393 e. The smallest absolute Gasteiger partial charge is 0.325 e. The molecule has 206 valence electrons. The molecule has 6 rings (SSSR count). The van der Waals surface area contributed by atoms with Gasteiger partial charge in [0.1, 0.15) is 5.82 Å². The lowest BCUT2D eigenvalue weighted by Gasteiger charge is -2.37. The number of anilines is 3. The van der Waals surface area contributed by atoms with Gasteiger partial charge in [-0.3, -0.25) is 14.3 Å². The highest BCUT2D eigenvalue weighted by atomic mass is 16.3. The average Bonchev–Trinajstić information content (AvgIpc) is 3.49. The molecule has 9 nitrogen and oxygen atoms in total. The molecule has 2 aliphatic rings. The van der Waals surface area contributed by atoms with Crippen LogP contribution in [0.4, 0.5) is 22.0 Å². The largest absolute Gasteiger partial charge is 0.393 e. The molecule has 0 spiro atoms. The van der Waals surface area contributed by atoms with Crippen molar-refractivity contribution < 1.29 is 14.7 Å². The van der Waals surface area contributed by atoms with E-state index < -0.39 is 0 Å². The van der Waals surface area contributed by atoms with Crippen LogP contribution < -0.4 is 15.5 Å². The highest BCUT2D eigenvalue weighted by Crippen LogP contribution is 2.37. The molecule has 0 saturated carbocycles. The summed E-state index contributed by atoms with van der Waals surface area (Å²) in [5.74, 6) is 0.255. The molecule has 0 unspecified atom stereocenters. The van der Waals surface area contributed by atoms with Gasteiger partial charge in [-0.2, -0.15) is 0 Å². The van der Waals surface area contributed by atoms with Gasteiger partial charge < -0.3 is 20.6 Å². The first kappa shape index (κ1) is 26.0. The Hall–Kier alpha value is -4.21. The molecule has 4 aromatic rings. The first-order chi connectivity index (χ1) is 19.4. The van der Waals surface area contributed by atoms with Crippen LogP contribution in [0.25, 0.3) is 10.9 Å². The quantitative estimate of drug-likeness (QED) is 0.328. The zero-order valence-electron chi connectivity index (χ0n) is 22.7. The van der Waals surface area contributed by atoms with Crippen LogP contribution in [0.1, 0.15) is 41.6 Å². The highest BCUT2D eigenvalue weighted by molar-refractivity contribution is 6.04. The molecule has 3 N–H and O–H groups in total. The van der Waals surface area contributed by atoms with Gasteiger partial charge in [-0.05, 0) is 73.7 Å². The van der Waals surface area contributed by atoms with Gasteiger partial charge in [0.25, 0.3) is 5.91 Å². The SMILES string of the molecule is CNC(=O)n1ccc2cc(N(C)c3ccnc(NC(=O)c4ccc(CN5[C@@H]6CC[C@H]5C[C@H](O)C6)cc4)c3)ccc21. The van der Waals surface area contributed by atoms with Crippen LogP contribution in [0.15, 0.2) is 73.1 Å². The van der Waals surface area contributed by atoms with E-state index in [1.165, 1.54) is 5.56 Å². The van der Waals surface area contributed by atoms with E-state index in [0.717, 1.165) is 54.5 Å². The van der Waals surface area contributed by atoms with Crippen LogP contribution in [0.2, 0.25) is 0 Å². The monoisotopic (exact) mass is 538 g/mol. The van der Waals surface area contributed by atoms with Gasteiger partial charge in [0.15, 0.2) is 0 Å². The minimum atomic E-state index is -0.211. The first-order valence-electron chi connectivity index (χ1n) is 13.8. The number of benzene rings is 2. The topological polar surface area (TPSA) is 103 Å². The Kier molecular flexibility index (Phi) is 7.00. The summed E-state index contributed by atoms with van der Waals surface area (Å²) in [6.07, 6.45) is 7.29. The van der Waals surface area contributed by atoms with Crippen LogP contribution in [0.3, 0.4) is 0 Å². The number of nitrogens with one attached hydrogen (secondary N) is 2. The van der Waals surface area contributed by atoms with Crippen molar-refractivity contribution in [2.24, 2.45) is 0 Å². The second kappa shape index (κ2) is 10.7. The molecule has 2 aromatic carbocycles. The van der Waals surface area contributed by atoms with Crippen molar-refractivity contribution >= 4 is 40.0 Å². The molecule has 0 aliphatic carbocycles. The maximum Gasteiger partial charge on any atom is 0.325 e. The van der Waals surface area contributed by atoms with Gasteiger partial charge >= 0.3 is 6.03 Å². The molecule has 9 heteroatoms. The van der Waals surface area contributed by atoms with Crippen LogP contribution in [-0.4, -0.2) is 63.8 Å². The number of carbonyl (C=O) groups is 2. The molecule has 3 atom stereocenters. The fourth-order valence-electron chi connectivity index (χ4n) is 6.15. The Morgan fingerprint density at radius 2 is 1.73 bits per heavy atom. The molecule has 2 amide bonds. The predicted molar refractivity (Wildman–Crippen MR) is 156 cm³/mol. The molecule has 2 aromatic heterocycles. The van der Waals surface area contributed by atoms with E-state index in [-0.39, 0.29) is 18.0 Å². The lowest BCUT2D eigenvalue weighted by Crippen LogP contribution is -2.44. The van der Waals surface area contributed by atoms with E-state index in [1.807, 2.05) is 72.6 Å². The van der Waals surface area contributed by atoms with Crippen molar-refractivity contribution in [3.63, 3.8) is 0 Å². The van der Waals surface area contributed by atoms with E-state index in [0.29, 0.717) is 23.5 Å². The third-order valence-corrected chi connectivity index (χ3v) is 8.31. The number of aliphatic hydroxyl groups is 1. The maximum absolute atomic E-state index is 13.0. The fraction of sp³-hybridized carbons (Fsp3) is 0.323. The number of amides is 2. The van der Waals surface area contributed by atoms with Gasteiger partial charge in [-0.15, -0.1) is 0 Å². The third kappa shape index (κ3) is 5.05. The summed E-state index contributed by atoms with van der Waals surface area (Å²) in [7, 11) is 3.56. The van der Waals surface area contributed by atoms with Crippen molar-refractivity contribution in [3.05, 3.63) is 84.2 Å². The average molecular weight is 539 g/mol. The molecule has 2 saturated heterocycles. The van der Waals surface area contributed by atoms with E-state index in [4.69, 9.17) is 0 Å². The van der Waals surface area contributed by atoms with Crippen molar-refractivity contribution in [1.29, 1.82) is 0 Å². The van der Waals surface area contributed by atoms with Gasteiger partial charge in [0.2, 0.25) is 0 Å². The summed E-state index contributed by atoms with van der Waals surface area (Å²) in [6, 6.07) is 20.0. The van der Waals surface area contributed by atoms with Crippen molar-refractivity contribution in [3.8, 4) is 0 Å². The number of hydrogen-bond acceptors (Lipinski definition) is 6. The van der Waals surface area contributed by atoms with Gasteiger partial charge in [0, 0.05) is 73.5 Å². The number of aliphatic hydroxyl groups excluding tert-OH is 1. The van der Waals surface area contributed by atoms with Gasteiger partial charge in [-0.25, -0.2) is 9.78 Å². The number of aromatic nitrogens is 2. The lowest BCUT2D eigenvalue weighted by atomic mass is 9.99. The molecule has 2 aliphatic heterocycles. The lowest BCUT2D eigenvalue weighted by molar-refractivity contribution is 0.0310. The van der Waals surface area contributed by atoms with Crippen molar-refractivity contribution in [1.82, 2.24) is 19.8 Å². The second-order valence-electron chi connectivity index (χ2n) is 10.8. The summed E-state index contributed by atoms with van der Waals surface area (Å²) >= 11 is 0. The van der Waals surface area contributed by atoms with Crippen LogP contribution in [-0.2, 0) is 6.54 Å². The molecule has 2 fully saturated rings. The number of nitrogens with zero attached hydrogens (tertiary/aromatic N) is 4. The number of pyridine rings is 1. The van der Waals surface area contributed by atoms with E-state index in [9.17, 15) is 14.7 Å². The van der Waals surface area contributed by atoms with Crippen molar-refractivity contribution in [2.45, 2.75) is 50.4 Å². The Bertz CT molecular complexity index is 1530. The maximum atomic E-state index is 13.0. The Morgan fingerprint density at radius 3 is 2.45 bits per heavy atom. The molecule has 4 heterocycles. The number of hydrogen-bond donors (Lipinski definition) is 3. The first-order valence-corrected chi connectivity index (χ1v) is 13.8. The molecular formula is C31H34N6O3. The fourth-order valence-corrected chi connectivity index (χ4v) is 6.15. The molecule has 0 radical (unpaired) electrons. The Labute approximate surface area is 233 Å². The summed E-state index contributed by atoms with van der Waals surface area (Å²) < 4.78 is 1.58. The summed E-state index contributed by atoms with van der Waals surface area (Å²) in [5.41, 5.74) is 4.39. The minimum absolute atomic E-state index is 0.168. The van der Waals surface area contributed by atoms with Crippen LogP contribution in [0.5, 0.6) is 0 Å². The number of fused-ring (bicyclic) bond motifs is 3. The third-order valence-electron chi connectivity index (χ3n) is 8.31. The summed E-state index contributed by atoms with van der Waals surface area (Å²) in [5, 5.41) is 16.6. The predicted octanol–water partition coefficient (Wildman–Crippen LogP) is 4.73. The summed E-state index contributed by atoms with van der Waals surface area (Å²) in [4.78, 5) is 34.0. The Morgan fingerprint density at radius 1 is 1.00 bits per heavy atom. The standard InChI is InChI=1S/C31H34N6O3/c1-32-31(40)36-14-12-22-15-23(9-10-28(22)36)35(2)24-11-13-33-29(18-24)34-30(39)21-5-3-20(4-6-21)19-37-25-7-8-26(37)17-27(38)16-25/h3-6,9-15,18,25-27,38H,7-8,16-17,19H2,1-2H3,(H,32,40)(H,33,34,39)/t25-,26+,27-. The molecule has 40 heavy (non-hydrogen) atoms. The summed E-state index contributed by atoms with van der Waals surface area (Å²) in [6.45, 7) is 0.849. The van der Waals surface area contributed by atoms with Crippen LogP contribution >= 0.6 is 0 Å². The van der Waals surface area contributed by atoms with Crippen molar-refractivity contribution in [2.75, 3.05) is 24.3 Å². The molecule has 2 bridgehead atoms. The number of rotatable bonds is 6. The number of carbonyl (C=O) groups excluding carboxylic acids is 2. The second-order valence-corrected chi connectivity index (χ2v) is 10.8. The normalized spacial score (nSPS) is 20.4. The zero-order chi connectivity index (χ0) is 27.8. The van der Waals surface area contributed by atoms with E-state index in [2.05, 4.69) is 20.5 Å². The van der Waals surface area contributed by atoms with Crippen LogP contribution in [0, 0.1) is 0 Å². The van der Waals surface area contributed by atoms with E-state index in [1.54, 1.807) is 24.0 Å². The van der Waals surface area contributed by atoms with E-state index >= 15 is 0 Å². The zero-order valence-corrected chi connectivity index (χ0v) is 22.7. The molecular weight excluding hydrogens is 504 g/mol. The number of piperidine rings is 1.